The van der Waals surface area contributed by atoms with Crippen LogP contribution in [-0.4, -0.2) is 29.9 Å². The van der Waals surface area contributed by atoms with E-state index >= 15 is 0 Å². The van der Waals surface area contributed by atoms with E-state index in [9.17, 15) is 4.79 Å². The molecule has 2 N–H and O–H groups in total. The number of nitrogens with zero attached hydrogens (tertiary/aromatic N) is 1. The number of piperidine rings is 1. The highest BCUT2D eigenvalue weighted by Crippen LogP contribution is 2.26. The second-order valence-electron chi connectivity index (χ2n) is 5.28. The van der Waals surface area contributed by atoms with E-state index in [4.69, 9.17) is 5.73 Å². The second-order valence-corrected chi connectivity index (χ2v) is 6.26. The van der Waals surface area contributed by atoms with Gasteiger partial charge in [-0.1, -0.05) is 6.07 Å². The summed E-state index contributed by atoms with van der Waals surface area (Å²) >= 11 is 1.66. The van der Waals surface area contributed by atoms with E-state index < -0.39 is 0 Å². The molecule has 1 fully saturated rings. The van der Waals surface area contributed by atoms with Gasteiger partial charge in [-0.15, -0.1) is 11.3 Å². The van der Waals surface area contributed by atoms with Crippen LogP contribution in [-0.2, 0) is 4.79 Å². The molecule has 4 heteroatoms. The smallest absolute Gasteiger partial charge is 0.230 e. The molecule has 0 saturated carbocycles. The van der Waals surface area contributed by atoms with E-state index in [2.05, 4.69) is 0 Å². The van der Waals surface area contributed by atoms with Gasteiger partial charge in [0.05, 0.1) is 5.92 Å². The van der Waals surface area contributed by atoms with E-state index in [1.807, 2.05) is 36.3 Å². The van der Waals surface area contributed by atoms with Crippen LogP contribution in [0, 0.1) is 5.92 Å². The van der Waals surface area contributed by atoms with Crippen LogP contribution in [0.5, 0.6) is 0 Å². The first-order chi connectivity index (χ1) is 8.59. The van der Waals surface area contributed by atoms with Crippen molar-refractivity contribution in [1.29, 1.82) is 0 Å². The molecule has 2 rings (SSSR count). The van der Waals surface area contributed by atoms with Gasteiger partial charge in [0.1, 0.15) is 0 Å². The van der Waals surface area contributed by atoms with Gasteiger partial charge in [-0.3, -0.25) is 4.79 Å². The lowest BCUT2D eigenvalue weighted by atomic mass is 9.91. The molecule has 0 spiro atoms. The van der Waals surface area contributed by atoms with Gasteiger partial charge in [0, 0.05) is 24.0 Å². The Kier molecular flexibility index (Phi) is 4.40. The van der Waals surface area contributed by atoms with Crippen LogP contribution < -0.4 is 5.73 Å². The number of hydrogen-bond acceptors (Lipinski definition) is 3. The maximum absolute atomic E-state index is 12.5. The zero-order valence-corrected chi connectivity index (χ0v) is 12.0. The van der Waals surface area contributed by atoms with Crippen molar-refractivity contribution in [2.24, 2.45) is 11.7 Å². The lowest BCUT2D eigenvalue weighted by Gasteiger charge is -2.35. The zero-order valence-electron chi connectivity index (χ0n) is 11.1. The SMILES string of the molecule is CC(C(=O)N1CCCC(C(C)N)C1)c1cccs1. The van der Waals surface area contributed by atoms with Crippen molar-refractivity contribution < 1.29 is 4.79 Å². The van der Waals surface area contributed by atoms with Crippen molar-refractivity contribution in [2.45, 2.75) is 38.6 Å². The highest BCUT2D eigenvalue weighted by atomic mass is 32.1. The van der Waals surface area contributed by atoms with E-state index in [0.717, 1.165) is 30.8 Å². The molecule has 3 unspecified atom stereocenters. The van der Waals surface area contributed by atoms with Crippen molar-refractivity contribution in [3.63, 3.8) is 0 Å². The third-order valence-corrected chi connectivity index (χ3v) is 4.91. The summed E-state index contributed by atoms with van der Waals surface area (Å²) in [5, 5.41) is 2.03. The van der Waals surface area contributed by atoms with Crippen molar-refractivity contribution in [2.75, 3.05) is 13.1 Å². The Hall–Kier alpha value is -0.870. The average Bonchev–Trinajstić information content (AvgIpc) is 2.91. The van der Waals surface area contributed by atoms with Crippen LogP contribution in [0.1, 0.15) is 37.5 Å². The minimum Gasteiger partial charge on any atom is -0.342 e. The number of amides is 1. The second kappa shape index (κ2) is 5.85. The molecule has 18 heavy (non-hydrogen) atoms. The Bertz CT molecular complexity index is 389. The standard InChI is InChI=1S/C14H22N2OS/c1-10(13-6-4-8-18-13)14(17)16-7-3-5-12(9-16)11(2)15/h4,6,8,10-12H,3,5,7,9,15H2,1-2H3. The normalized spacial score (nSPS) is 23.7. The van der Waals surface area contributed by atoms with E-state index in [0.29, 0.717) is 5.92 Å². The Morgan fingerprint density at radius 1 is 1.56 bits per heavy atom. The van der Waals surface area contributed by atoms with Crippen LogP contribution in [0.15, 0.2) is 17.5 Å². The number of carbonyl (C=O) groups excluding carboxylic acids is 1. The van der Waals surface area contributed by atoms with Crippen LogP contribution in [0.3, 0.4) is 0 Å². The average molecular weight is 266 g/mol. The van der Waals surface area contributed by atoms with Gasteiger partial charge in [-0.2, -0.15) is 0 Å². The quantitative estimate of drug-likeness (QED) is 0.913. The monoisotopic (exact) mass is 266 g/mol. The molecule has 1 aliphatic heterocycles. The molecule has 1 aromatic rings. The molecule has 0 aromatic carbocycles. The Balaban J connectivity index is 2.00. The maximum atomic E-state index is 12.5. The molecule has 1 aliphatic rings. The molecule has 0 bridgehead atoms. The molecule has 0 aliphatic carbocycles. The molecule has 1 saturated heterocycles. The van der Waals surface area contributed by atoms with Gasteiger partial charge in [0.15, 0.2) is 0 Å². The largest absolute Gasteiger partial charge is 0.342 e. The first kappa shape index (κ1) is 13.6. The van der Waals surface area contributed by atoms with E-state index in [-0.39, 0.29) is 17.9 Å². The Morgan fingerprint density at radius 3 is 2.94 bits per heavy atom. The summed E-state index contributed by atoms with van der Waals surface area (Å²) < 4.78 is 0. The van der Waals surface area contributed by atoms with Crippen LogP contribution in [0.4, 0.5) is 0 Å². The molecule has 1 aromatic heterocycles. The minimum absolute atomic E-state index is 0.0168. The summed E-state index contributed by atoms with van der Waals surface area (Å²) in [4.78, 5) is 15.6. The van der Waals surface area contributed by atoms with Crippen LogP contribution in [0.2, 0.25) is 0 Å². The van der Waals surface area contributed by atoms with Crippen molar-refractivity contribution in [3.8, 4) is 0 Å². The summed E-state index contributed by atoms with van der Waals surface area (Å²) in [5.74, 6) is 0.692. The molecular weight excluding hydrogens is 244 g/mol. The van der Waals surface area contributed by atoms with Gasteiger partial charge < -0.3 is 10.6 Å². The Morgan fingerprint density at radius 2 is 2.33 bits per heavy atom. The predicted molar refractivity (Wildman–Crippen MR) is 75.7 cm³/mol. The van der Waals surface area contributed by atoms with Gasteiger partial charge in [0.2, 0.25) is 5.91 Å². The summed E-state index contributed by atoms with van der Waals surface area (Å²) in [6.45, 7) is 5.76. The zero-order chi connectivity index (χ0) is 13.1. The Labute approximate surface area is 113 Å². The first-order valence-electron chi connectivity index (χ1n) is 6.67. The third kappa shape index (κ3) is 2.93. The number of nitrogens with two attached hydrogens (primary N) is 1. The highest BCUT2D eigenvalue weighted by molar-refractivity contribution is 7.10. The van der Waals surface area contributed by atoms with Crippen LogP contribution in [0.25, 0.3) is 0 Å². The molecular formula is C14H22N2OS. The fourth-order valence-electron chi connectivity index (χ4n) is 2.57. The molecule has 3 atom stereocenters. The fourth-order valence-corrected chi connectivity index (χ4v) is 3.35. The van der Waals surface area contributed by atoms with Crippen molar-refractivity contribution >= 4 is 17.2 Å². The summed E-state index contributed by atoms with van der Waals surface area (Å²) in [5.41, 5.74) is 5.96. The van der Waals surface area contributed by atoms with Gasteiger partial charge in [-0.25, -0.2) is 0 Å². The van der Waals surface area contributed by atoms with Gasteiger partial charge >= 0.3 is 0 Å². The highest BCUT2D eigenvalue weighted by Gasteiger charge is 2.29. The topological polar surface area (TPSA) is 46.3 Å². The van der Waals surface area contributed by atoms with E-state index in [1.54, 1.807) is 11.3 Å². The summed E-state index contributed by atoms with van der Waals surface area (Å²) in [6, 6.07) is 4.22. The van der Waals surface area contributed by atoms with Crippen molar-refractivity contribution in [1.82, 2.24) is 4.90 Å². The number of likely N-dealkylation sites (tertiary alicyclic amines) is 1. The third-order valence-electron chi connectivity index (χ3n) is 3.85. The summed E-state index contributed by atoms with van der Waals surface area (Å²) in [7, 11) is 0. The molecule has 100 valence electrons. The minimum atomic E-state index is -0.0168. The van der Waals surface area contributed by atoms with Gasteiger partial charge in [-0.05, 0) is 44.1 Å². The lowest BCUT2D eigenvalue weighted by molar-refractivity contribution is -0.134. The summed E-state index contributed by atoms with van der Waals surface area (Å²) in [6.07, 6.45) is 2.23. The molecule has 3 nitrogen and oxygen atoms in total. The predicted octanol–water partition coefficient (Wildman–Crippen LogP) is 2.44. The maximum Gasteiger partial charge on any atom is 0.230 e. The molecule has 2 heterocycles. The number of thiophene rings is 1. The van der Waals surface area contributed by atoms with Crippen molar-refractivity contribution in [3.05, 3.63) is 22.4 Å². The lowest BCUT2D eigenvalue weighted by Crippen LogP contribution is -2.46. The van der Waals surface area contributed by atoms with Gasteiger partial charge in [0.25, 0.3) is 0 Å². The number of rotatable bonds is 3. The van der Waals surface area contributed by atoms with Crippen LogP contribution >= 0.6 is 11.3 Å². The molecule has 1 amide bonds. The first-order valence-corrected chi connectivity index (χ1v) is 7.55. The fraction of sp³-hybridized carbons (Fsp3) is 0.643. The number of hydrogen-bond donors (Lipinski definition) is 1. The van der Waals surface area contributed by atoms with E-state index in [1.165, 1.54) is 0 Å². The molecule has 0 radical (unpaired) electrons. The number of carbonyl (C=O) groups is 1.